The summed E-state index contributed by atoms with van der Waals surface area (Å²) in [5.74, 6) is 0. The molecule has 1 atom stereocenters. The van der Waals surface area contributed by atoms with Gasteiger partial charge in [0.15, 0.2) is 0 Å². The van der Waals surface area contributed by atoms with Crippen molar-refractivity contribution in [2.45, 2.75) is 37.1 Å². The minimum absolute atomic E-state index is 0. The fourth-order valence-electron chi connectivity index (χ4n) is 2.64. The number of sulfonamides is 1. The summed E-state index contributed by atoms with van der Waals surface area (Å²) in [6.07, 6.45) is 2.42. The van der Waals surface area contributed by atoms with Crippen molar-refractivity contribution in [1.29, 1.82) is 0 Å². The minimum Gasteiger partial charge on any atom is -0.329 e. The van der Waals surface area contributed by atoms with Crippen molar-refractivity contribution in [1.82, 2.24) is 4.31 Å². The number of halogens is 2. The molecule has 2 N–H and O–H groups in total. The lowest BCUT2D eigenvalue weighted by Gasteiger charge is -2.33. The number of benzene rings is 1. The van der Waals surface area contributed by atoms with Crippen LogP contribution in [0.15, 0.2) is 21.5 Å². The number of piperidine rings is 1. The molecule has 130 valence electrons. The molecular formula is C13H19BrClN3O4S. The minimum atomic E-state index is -3.80. The fourth-order valence-corrected chi connectivity index (χ4v) is 4.99. The SMILES string of the molecule is Cc1c(Br)cc(S(=O)(=O)N2CCCCC2CN)cc1[N+](=O)[O-].Cl. The second-order valence-corrected chi connectivity index (χ2v) is 8.05. The van der Waals surface area contributed by atoms with Gasteiger partial charge in [-0.15, -0.1) is 12.4 Å². The summed E-state index contributed by atoms with van der Waals surface area (Å²) < 4.78 is 27.4. The molecule has 1 fully saturated rings. The van der Waals surface area contributed by atoms with Crippen LogP contribution < -0.4 is 5.73 Å². The first-order chi connectivity index (χ1) is 10.3. The summed E-state index contributed by atoms with van der Waals surface area (Å²) in [6.45, 7) is 2.21. The Labute approximate surface area is 150 Å². The summed E-state index contributed by atoms with van der Waals surface area (Å²) in [5, 5.41) is 11.1. The Morgan fingerprint density at radius 3 is 2.65 bits per heavy atom. The highest BCUT2D eigenvalue weighted by atomic mass is 79.9. The van der Waals surface area contributed by atoms with Gasteiger partial charge in [0.25, 0.3) is 5.69 Å². The van der Waals surface area contributed by atoms with E-state index in [4.69, 9.17) is 5.73 Å². The maximum atomic E-state index is 12.8. The lowest BCUT2D eigenvalue weighted by Crippen LogP contribution is -2.47. The molecule has 1 saturated heterocycles. The predicted molar refractivity (Wildman–Crippen MR) is 93.4 cm³/mol. The van der Waals surface area contributed by atoms with Crippen molar-refractivity contribution >= 4 is 44.0 Å². The first-order valence-corrected chi connectivity index (χ1v) is 9.18. The van der Waals surface area contributed by atoms with Gasteiger partial charge < -0.3 is 5.73 Å². The van der Waals surface area contributed by atoms with Gasteiger partial charge >= 0.3 is 0 Å². The van der Waals surface area contributed by atoms with Gasteiger partial charge in [-0.25, -0.2) is 8.42 Å². The van der Waals surface area contributed by atoms with Gasteiger partial charge in [0.2, 0.25) is 10.0 Å². The van der Waals surface area contributed by atoms with E-state index in [1.165, 1.54) is 10.4 Å². The van der Waals surface area contributed by atoms with Gasteiger partial charge in [0, 0.05) is 35.2 Å². The summed E-state index contributed by atoms with van der Waals surface area (Å²) >= 11 is 3.20. The molecule has 1 aliphatic heterocycles. The molecule has 1 aliphatic rings. The molecule has 1 heterocycles. The van der Waals surface area contributed by atoms with Crippen LogP contribution in [0.4, 0.5) is 5.69 Å². The standard InChI is InChI=1S/C13H18BrN3O4S.ClH/c1-9-12(14)6-11(7-13(9)17(18)19)22(20,21)16-5-3-2-4-10(16)8-15;/h6-7,10H,2-5,8,15H2,1H3;1H. The number of nitrogens with two attached hydrogens (primary N) is 1. The molecule has 1 aromatic rings. The smallest absolute Gasteiger partial charge is 0.274 e. The van der Waals surface area contributed by atoms with Crippen molar-refractivity contribution in [2.75, 3.05) is 13.1 Å². The Kier molecular flexibility index (Phi) is 6.96. The molecule has 23 heavy (non-hydrogen) atoms. The molecule has 0 bridgehead atoms. The average Bonchev–Trinajstić information content (AvgIpc) is 2.49. The van der Waals surface area contributed by atoms with Gasteiger partial charge in [-0.3, -0.25) is 10.1 Å². The molecule has 0 amide bonds. The Morgan fingerprint density at radius 1 is 1.43 bits per heavy atom. The van der Waals surface area contributed by atoms with E-state index < -0.39 is 14.9 Å². The van der Waals surface area contributed by atoms with E-state index >= 15 is 0 Å². The highest BCUT2D eigenvalue weighted by Crippen LogP contribution is 2.33. The molecule has 1 aromatic carbocycles. The second-order valence-electron chi connectivity index (χ2n) is 5.31. The number of hydrogen-bond acceptors (Lipinski definition) is 5. The molecule has 7 nitrogen and oxygen atoms in total. The van der Waals surface area contributed by atoms with Crippen LogP contribution in [0.3, 0.4) is 0 Å². The van der Waals surface area contributed by atoms with Crippen molar-refractivity contribution < 1.29 is 13.3 Å². The third-order valence-corrected chi connectivity index (χ3v) is 6.69. The highest BCUT2D eigenvalue weighted by molar-refractivity contribution is 9.10. The molecule has 2 rings (SSSR count). The fraction of sp³-hybridized carbons (Fsp3) is 0.538. The topological polar surface area (TPSA) is 107 Å². The predicted octanol–water partition coefficient (Wildman–Crippen LogP) is 2.59. The summed E-state index contributed by atoms with van der Waals surface area (Å²) in [7, 11) is -3.80. The number of nitrogens with zero attached hydrogens (tertiary/aromatic N) is 2. The molecule has 1 unspecified atom stereocenters. The van der Waals surface area contributed by atoms with E-state index in [1.807, 2.05) is 0 Å². The highest BCUT2D eigenvalue weighted by Gasteiger charge is 2.34. The summed E-state index contributed by atoms with van der Waals surface area (Å²) in [6, 6.07) is 2.29. The maximum absolute atomic E-state index is 12.8. The van der Waals surface area contributed by atoms with Crippen LogP contribution in [-0.2, 0) is 10.0 Å². The van der Waals surface area contributed by atoms with E-state index in [0.29, 0.717) is 23.0 Å². The number of hydrogen-bond donors (Lipinski definition) is 1. The molecular weight excluding hydrogens is 410 g/mol. The van der Waals surface area contributed by atoms with Gasteiger partial charge in [-0.2, -0.15) is 4.31 Å². The van der Waals surface area contributed by atoms with Crippen LogP contribution in [0.5, 0.6) is 0 Å². The van der Waals surface area contributed by atoms with Crippen molar-refractivity contribution in [3.63, 3.8) is 0 Å². The van der Waals surface area contributed by atoms with E-state index in [9.17, 15) is 18.5 Å². The largest absolute Gasteiger partial charge is 0.329 e. The molecule has 0 aliphatic carbocycles. The van der Waals surface area contributed by atoms with E-state index in [1.54, 1.807) is 6.92 Å². The number of rotatable bonds is 4. The maximum Gasteiger partial charge on any atom is 0.274 e. The van der Waals surface area contributed by atoms with Crippen LogP contribution in [-0.4, -0.2) is 36.8 Å². The van der Waals surface area contributed by atoms with E-state index in [2.05, 4.69) is 15.9 Å². The van der Waals surface area contributed by atoms with Gasteiger partial charge in [-0.1, -0.05) is 22.4 Å². The molecule has 0 radical (unpaired) electrons. The van der Waals surface area contributed by atoms with Crippen LogP contribution >= 0.6 is 28.3 Å². The lowest BCUT2D eigenvalue weighted by molar-refractivity contribution is -0.385. The zero-order valence-corrected chi connectivity index (χ0v) is 15.8. The average molecular weight is 429 g/mol. The van der Waals surface area contributed by atoms with E-state index in [-0.39, 0.29) is 35.6 Å². The molecule has 0 saturated carbocycles. The zero-order chi connectivity index (χ0) is 16.5. The van der Waals surface area contributed by atoms with Gasteiger partial charge in [0.05, 0.1) is 9.82 Å². The van der Waals surface area contributed by atoms with Crippen LogP contribution in [0.2, 0.25) is 0 Å². The number of nitro benzene ring substituents is 1. The first-order valence-electron chi connectivity index (χ1n) is 6.95. The Morgan fingerprint density at radius 2 is 2.09 bits per heavy atom. The monoisotopic (exact) mass is 427 g/mol. The summed E-state index contributed by atoms with van der Waals surface area (Å²) in [5.41, 5.74) is 5.86. The Hall–Kier alpha value is -0.740. The summed E-state index contributed by atoms with van der Waals surface area (Å²) in [4.78, 5) is 10.5. The lowest BCUT2D eigenvalue weighted by atomic mass is 10.1. The Bertz CT molecular complexity index is 699. The molecule has 10 heteroatoms. The van der Waals surface area contributed by atoms with Crippen LogP contribution in [0, 0.1) is 17.0 Å². The van der Waals surface area contributed by atoms with Crippen LogP contribution in [0.25, 0.3) is 0 Å². The third-order valence-electron chi connectivity index (χ3n) is 3.94. The van der Waals surface area contributed by atoms with Crippen molar-refractivity contribution in [2.24, 2.45) is 5.73 Å². The number of nitro groups is 1. The van der Waals surface area contributed by atoms with Crippen LogP contribution in [0.1, 0.15) is 24.8 Å². The van der Waals surface area contributed by atoms with Crippen molar-refractivity contribution in [3.05, 3.63) is 32.3 Å². The zero-order valence-electron chi connectivity index (χ0n) is 12.6. The quantitative estimate of drug-likeness (QED) is 0.586. The normalized spacial score (nSPS) is 19.2. The molecule has 0 aromatic heterocycles. The molecule has 0 spiro atoms. The second kappa shape index (κ2) is 7.89. The van der Waals surface area contributed by atoms with Gasteiger partial charge in [-0.05, 0) is 25.8 Å². The van der Waals surface area contributed by atoms with Crippen molar-refractivity contribution in [3.8, 4) is 0 Å². The Balaban J connectivity index is 0.00000264. The third kappa shape index (κ3) is 4.03. The van der Waals surface area contributed by atoms with Gasteiger partial charge in [0.1, 0.15) is 0 Å². The van der Waals surface area contributed by atoms with E-state index in [0.717, 1.165) is 18.9 Å². The first kappa shape index (κ1) is 20.3.